The van der Waals surface area contributed by atoms with Gasteiger partial charge in [-0.3, -0.25) is 4.90 Å². The number of hydrogen-bond donors (Lipinski definition) is 1. The van der Waals surface area contributed by atoms with E-state index in [0.29, 0.717) is 12.0 Å². The number of nitrogens with zero attached hydrogens (tertiary/aromatic N) is 1. The summed E-state index contributed by atoms with van der Waals surface area (Å²) in [7, 11) is 2.11. The van der Waals surface area contributed by atoms with E-state index in [1.165, 1.54) is 45.2 Å². The van der Waals surface area contributed by atoms with E-state index < -0.39 is 0 Å². The standard InChI is InChI=1S/C15H30N2O/c1-15(2,17-9-6-4-5-7-10-17)14(16-3)13-8-11-18-12-13/h13-14,16H,4-12H2,1-3H3. The van der Waals surface area contributed by atoms with E-state index in [1.54, 1.807) is 0 Å². The lowest BCUT2D eigenvalue weighted by atomic mass is 9.82. The first-order valence-corrected chi connectivity index (χ1v) is 7.66. The summed E-state index contributed by atoms with van der Waals surface area (Å²) < 4.78 is 5.59. The third kappa shape index (κ3) is 3.06. The molecule has 2 fully saturated rings. The molecule has 2 saturated heterocycles. The summed E-state index contributed by atoms with van der Waals surface area (Å²) in [5.41, 5.74) is 0.234. The zero-order valence-corrected chi connectivity index (χ0v) is 12.4. The number of nitrogens with one attached hydrogen (secondary N) is 1. The minimum atomic E-state index is 0.234. The summed E-state index contributed by atoms with van der Waals surface area (Å²) in [6.45, 7) is 9.23. The van der Waals surface area contributed by atoms with Crippen molar-refractivity contribution in [1.82, 2.24) is 10.2 Å². The molecule has 0 aromatic rings. The highest BCUT2D eigenvalue weighted by Crippen LogP contribution is 2.30. The van der Waals surface area contributed by atoms with Crippen LogP contribution in [-0.2, 0) is 4.74 Å². The van der Waals surface area contributed by atoms with Crippen LogP contribution in [0.2, 0.25) is 0 Å². The number of ether oxygens (including phenoxy) is 1. The number of likely N-dealkylation sites (tertiary alicyclic amines) is 1. The normalized spacial score (nSPS) is 29.2. The van der Waals surface area contributed by atoms with E-state index >= 15 is 0 Å². The van der Waals surface area contributed by atoms with Gasteiger partial charge in [0.25, 0.3) is 0 Å². The van der Waals surface area contributed by atoms with Crippen molar-refractivity contribution in [3.63, 3.8) is 0 Å². The average Bonchev–Trinajstić information content (AvgIpc) is 2.70. The topological polar surface area (TPSA) is 24.5 Å². The van der Waals surface area contributed by atoms with Gasteiger partial charge in [-0.05, 0) is 53.2 Å². The highest BCUT2D eigenvalue weighted by Gasteiger charge is 2.40. The largest absolute Gasteiger partial charge is 0.381 e. The van der Waals surface area contributed by atoms with Crippen LogP contribution in [0.5, 0.6) is 0 Å². The highest BCUT2D eigenvalue weighted by atomic mass is 16.5. The molecule has 0 aliphatic carbocycles. The van der Waals surface area contributed by atoms with Crippen LogP contribution in [-0.4, -0.2) is 49.8 Å². The lowest BCUT2D eigenvalue weighted by molar-refractivity contribution is 0.0570. The van der Waals surface area contributed by atoms with E-state index in [1.807, 2.05) is 0 Å². The van der Waals surface area contributed by atoms with Gasteiger partial charge in [0, 0.05) is 24.1 Å². The molecule has 0 aromatic heterocycles. The maximum Gasteiger partial charge on any atom is 0.0510 e. The van der Waals surface area contributed by atoms with E-state index in [4.69, 9.17) is 4.74 Å². The van der Waals surface area contributed by atoms with Crippen molar-refractivity contribution in [1.29, 1.82) is 0 Å². The van der Waals surface area contributed by atoms with Crippen LogP contribution in [0.4, 0.5) is 0 Å². The molecule has 0 amide bonds. The molecule has 0 saturated carbocycles. The van der Waals surface area contributed by atoms with Crippen molar-refractivity contribution < 1.29 is 4.74 Å². The molecule has 2 atom stereocenters. The Kier molecular flexibility index (Phi) is 5.05. The van der Waals surface area contributed by atoms with Crippen molar-refractivity contribution in [3.8, 4) is 0 Å². The Labute approximate surface area is 112 Å². The van der Waals surface area contributed by atoms with Crippen molar-refractivity contribution in [2.75, 3.05) is 33.4 Å². The maximum absolute atomic E-state index is 5.59. The molecule has 2 aliphatic rings. The third-order valence-corrected chi connectivity index (χ3v) is 4.93. The van der Waals surface area contributed by atoms with Crippen molar-refractivity contribution in [2.24, 2.45) is 5.92 Å². The van der Waals surface area contributed by atoms with Gasteiger partial charge < -0.3 is 10.1 Å². The molecule has 18 heavy (non-hydrogen) atoms. The first kappa shape index (κ1) is 14.3. The van der Waals surface area contributed by atoms with Crippen LogP contribution in [0.15, 0.2) is 0 Å². The van der Waals surface area contributed by atoms with Gasteiger partial charge in [-0.15, -0.1) is 0 Å². The van der Waals surface area contributed by atoms with Crippen LogP contribution >= 0.6 is 0 Å². The minimum absolute atomic E-state index is 0.234. The highest BCUT2D eigenvalue weighted by molar-refractivity contribution is 4.98. The van der Waals surface area contributed by atoms with Crippen LogP contribution < -0.4 is 5.32 Å². The van der Waals surface area contributed by atoms with Crippen LogP contribution in [0.1, 0.15) is 46.0 Å². The zero-order chi connectivity index (χ0) is 13.0. The third-order valence-electron chi connectivity index (χ3n) is 4.93. The summed E-state index contributed by atoms with van der Waals surface area (Å²) in [5.74, 6) is 0.674. The number of rotatable bonds is 4. The van der Waals surface area contributed by atoms with Crippen LogP contribution in [0, 0.1) is 5.92 Å². The molecule has 0 spiro atoms. The Bertz CT molecular complexity index is 241. The number of hydrogen-bond acceptors (Lipinski definition) is 3. The fourth-order valence-corrected chi connectivity index (χ4v) is 3.83. The predicted molar refractivity (Wildman–Crippen MR) is 75.9 cm³/mol. The Morgan fingerprint density at radius 3 is 2.33 bits per heavy atom. The van der Waals surface area contributed by atoms with E-state index in [0.717, 1.165) is 13.2 Å². The molecule has 2 rings (SSSR count). The van der Waals surface area contributed by atoms with Gasteiger partial charge in [0.05, 0.1) is 6.61 Å². The quantitative estimate of drug-likeness (QED) is 0.833. The summed E-state index contributed by atoms with van der Waals surface area (Å²) in [4.78, 5) is 2.71. The Hall–Kier alpha value is -0.120. The predicted octanol–water partition coefficient (Wildman–Crippen LogP) is 2.27. The van der Waals surface area contributed by atoms with Crippen molar-refractivity contribution in [3.05, 3.63) is 0 Å². The van der Waals surface area contributed by atoms with E-state index in [-0.39, 0.29) is 5.54 Å². The van der Waals surface area contributed by atoms with Crippen molar-refractivity contribution in [2.45, 2.75) is 57.5 Å². The van der Waals surface area contributed by atoms with Gasteiger partial charge in [0.2, 0.25) is 0 Å². The van der Waals surface area contributed by atoms with E-state index in [2.05, 4.69) is 31.1 Å². The molecule has 2 unspecified atom stereocenters. The second kappa shape index (κ2) is 6.36. The van der Waals surface area contributed by atoms with Crippen LogP contribution in [0.25, 0.3) is 0 Å². The molecular formula is C15H30N2O. The SMILES string of the molecule is CNC(C1CCOC1)C(C)(C)N1CCCCCC1. The van der Waals surface area contributed by atoms with Crippen LogP contribution in [0.3, 0.4) is 0 Å². The average molecular weight is 254 g/mol. The van der Waals surface area contributed by atoms with Crippen molar-refractivity contribution >= 4 is 0 Å². The fourth-order valence-electron chi connectivity index (χ4n) is 3.83. The molecule has 106 valence electrons. The lowest BCUT2D eigenvalue weighted by Crippen LogP contribution is -2.60. The lowest BCUT2D eigenvalue weighted by Gasteiger charge is -2.46. The summed E-state index contributed by atoms with van der Waals surface area (Å²) in [5, 5.41) is 3.58. The molecule has 3 nitrogen and oxygen atoms in total. The fraction of sp³-hybridized carbons (Fsp3) is 1.00. The first-order chi connectivity index (χ1) is 8.66. The smallest absolute Gasteiger partial charge is 0.0510 e. The molecule has 3 heteroatoms. The van der Waals surface area contributed by atoms with Gasteiger partial charge in [-0.25, -0.2) is 0 Å². The monoisotopic (exact) mass is 254 g/mol. The van der Waals surface area contributed by atoms with Gasteiger partial charge in [-0.2, -0.15) is 0 Å². The summed E-state index contributed by atoms with van der Waals surface area (Å²) in [6, 6.07) is 0.540. The molecule has 0 aromatic carbocycles. The molecule has 2 aliphatic heterocycles. The maximum atomic E-state index is 5.59. The Morgan fingerprint density at radius 2 is 1.83 bits per heavy atom. The Morgan fingerprint density at radius 1 is 1.17 bits per heavy atom. The van der Waals surface area contributed by atoms with Gasteiger partial charge in [-0.1, -0.05) is 12.8 Å². The zero-order valence-electron chi connectivity index (χ0n) is 12.4. The second-order valence-electron chi connectivity index (χ2n) is 6.44. The second-order valence-corrected chi connectivity index (χ2v) is 6.44. The molecule has 0 radical (unpaired) electrons. The summed E-state index contributed by atoms with van der Waals surface area (Å²) >= 11 is 0. The molecular weight excluding hydrogens is 224 g/mol. The minimum Gasteiger partial charge on any atom is -0.381 e. The van der Waals surface area contributed by atoms with E-state index in [9.17, 15) is 0 Å². The van der Waals surface area contributed by atoms with Gasteiger partial charge in [0.1, 0.15) is 0 Å². The van der Waals surface area contributed by atoms with Gasteiger partial charge >= 0.3 is 0 Å². The molecule has 1 N–H and O–H groups in total. The first-order valence-electron chi connectivity index (χ1n) is 7.66. The number of likely N-dealkylation sites (N-methyl/N-ethyl adjacent to an activating group) is 1. The molecule has 0 bridgehead atoms. The van der Waals surface area contributed by atoms with Gasteiger partial charge in [0.15, 0.2) is 0 Å². The molecule has 2 heterocycles. The summed E-state index contributed by atoms with van der Waals surface area (Å²) in [6.07, 6.45) is 6.75. The Balaban J connectivity index is 2.05.